The van der Waals surface area contributed by atoms with Crippen LogP contribution < -0.4 is 0 Å². The molecule has 1 aromatic carbocycles. The summed E-state index contributed by atoms with van der Waals surface area (Å²) in [5, 5.41) is 12.0. The lowest BCUT2D eigenvalue weighted by Gasteiger charge is -2.12. The zero-order chi connectivity index (χ0) is 16.7. The average molecular weight is 333 g/mol. The Balaban J connectivity index is 2.09. The number of aliphatic carboxylic acids is 1. The van der Waals surface area contributed by atoms with Gasteiger partial charge in [0.1, 0.15) is 0 Å². The lowest BCUT2D eigenvalue weighted by atomic mass is 9.99. The second-order valence-electron chi connectivity index (χ2n) is 4.96. The van der Waals surface area contributed by atoms with Gasteiger partial charge in [0.2, 0.25) is 0 Å². The molecule has 23 heavy (non-hydrogen) atoms. The average Bonchev–Trinajstić information content (AvgIpc) is 2.92. The third kappa shape index (κ3) is 5.19. The molecule has 0 bridgehead atoms. The van der Waals surface area contributed by atoms with E-state index >= 15 is 0 Å². The molecular weight excluding hydrogens is 314 g/mol. The Labute approximate surface area is 139 Å². The van der Waals surface area contributed by atoms with E-state index in [1.807, 2.05) is 36.6 Å². The quantitative estimate of drug-likeness (QED) is 0.747. The Morgan fingerprint density at radius 3 is 2.78 bits per heavy atom. The van der Waals surface area contributed by atoms with Crippen molar-refractivity contribution in [1.82, 2.24) is 4.98 Å². The highest BCUT2D eigenvalue weighted by atomic mass is 32.1. The van der Waals surface area contributed by atoms with E-state index in [0.717, 1.165) is 21.8 Å². The highest BCUT2D eigenvalue weighted by molar-refractivity contribution is 7.09. The number of carboxylic acid groups (broad SMARTS) is 1. The van der Waals surface area contributed by atoms with Crippen molar-refractivity contribution in [3.05, 3.63) is 57.7 Å². The minimum atomic E-state index is -0.901. The topological polar surface area (TPSA) is 68.7 Å². The van der Waals surface area contributed by atoms with Crippen molar-refractivity contribution in [3.8, 4) is 0 Å². The van der Waals surface area contributed by atoms with Crippen molar-refractivity contribution in [2.45, 2.75) is 26.6 Å². The molecule has 2 aromatic rings. The van der Waals surface area contributed by atoms with Gasteiger partial charge in [0.15, 0.2) is 0 Å². The first-order valence-corrected chi connectivity index (χ1v) is 7.98. The van der Waals surface area contributed by atoms with Crippen LogP contribution in [0.4, 0.5) is 0 Å². The largest absolute Gasteiger partial charge is 0.504 e. The fourth-order valence-corrected chi connectivity index (χ4v) is 2.80. The summed E-state index contributed by atoms with van der Waals surface area (Å²) in [5.74, 6) is -0.901. The molecular formula is C17H19NO4S. The van der Waals surface area contributed by atoms with Gasteiger partial charge in [0, 0.05) is 11.0 Å². The smallest absolute Gasteiger partial charge is 0.307 e. The Bertz CT molecular complexity index is 693. The molecule has 122 valence electrons. The van der Waals surface area contributed by atoms with Gasteiger partial charge < -0.3 is 14.6 Å². The van der Waals surface area contributed by atoms with Gasteiger partial charge >= 0.3 is 5.97 Å². The van der Waals surface area contributed by atoms with E-state index in [4.69, 9.17) is 14.6 Å². The van der Waals surface area contributed by atoms with Gasteiger partial charge in [-0.25, -0.2) is 4.98 Å². The number of ether oxygens (including phenoxy) is 2. The molecule has 0 spiro atoms. The lowest BCUT2D eigenvalue weighted by molar-refractivity contribution is -0.135. The Morgan fingerprint density at radius 1 is 1.35 bits per heavy atom. The molecule has 0 radical (unpaired) electrons. The SMILES string of the molecule is COC=C(CC(=O)O)c1ccccc1COCc1csc(C)n1. The second kappa shape index (κ2) is 8.45. The first-order valence-electron chi connectivity index (χ1n) is 7.10. The lowest BCUT2D eigenvalue weighted by Crippen LogP contribution is -2.02. The van der Waals surface area contributed by atoms with Crippen molar-refractivity contribution in [3.63, 3.8) is 0 Å². The number of thiazole rings is 1. The van der Waals surface area contributed by atoms with Crippen molar-refractivity contribution < 1.29 is 19.4 Å². The van der Waals surface area contributed by atoms with E-state index in [1.165, 1.54) is 13.4 Å². The van der Waals surface area contributed by atoms with Gasteiger partial charge in [0.25, 0.3) is 0 Å². The molecule has 0 aliphatic carbocycles. The number of aryl methyl sites for hydroxylation is 1. The fraction of sp³-hybridized carbons (Fsp3) is 0.294. The van der Waals surface area contributed by atoms with E-state index in [2.05, 4.69) is 4.98 Å². The van der Waals surface area contributed by atoms with Crippen LogP contribution in [0.1, 0.15) is 28.2 Å². The molecule has 5 nitrogen and oxygen atoms in total. The van der Waals surface area contributed by atoms with Crippen LogP contribution in [0.3, 0.4) is 0 Å². The molecule has 6 heteroatoms. The van der Waals surface area contributed by atoms with Gasteiger partial charge in [-0.1, -0.05) is 24.3 Å². The maximum atomic E-state index is 11.0. The van der Waals surface area contributed by atoms with Crippen molar-refractivity contribution >= 4 is 22.9 Å². The summed E-state index contributed by atoms with van der Waals surface area (Å²) in [6, 6.07) is 7.57. The molecule has 0 aliphatic rings. The van der Waals surface area contributed by atoms with Gasteiger partial charge in [-0.05, 0) is 18.1 Å². The Morgan fingerprint density at radius 2 is 2.13 bits per heavy atom. The third-order valence-corrected chi connectivity index (χ3v) is 3.96. The maximum Gasteiger partial charge on any atom is 0.307 e. The van der Waals surface area contributed by atoms with Crippen molar-refractivity contribution in [2.75, 3.05) is 7.11 Å². The van der Waals surface area contributed by atoms with Crippen molar-refractivity contribution in [1.29, 1.82) is 0 Å². The van der Waals surface area contributed by atoms with Crippen LogP contribution in [-0.4, -0.2) is 23.2 Å². The summed E-state index contributed by atoms with van der Waals surface area (Å²) < 4.78 is 10.7. The standard InChI is InChI=1S/C17H19NO4S/c1-12-18-15(11-23-12)10-22-9-13-5-3-4-6-16(13)14(8-21-2)7-17(19)20/h3-6,8,11H,7,9-10H2,1-2H3,(H,19,20). The first-order chi connectivity index (χ1) is 11.1. The summed E-state index contributed by atoms with van der Waals surface area (Å²) in [6.07, 6.45) is 1.37. The first kappa shape index (κ1) is 17.2. The Kier molecular flexibility index (Phi) is 6.31. The van der Waals surface area contributed by atoms with Crippen LogP contribution in [0.5, 0.6) is 0 Å². The molecule has 0 unspecified atom stereocenters. The number of carboxylic acids is 1. The van der Waals surface area contributed by atoms with E-state index in [0.29, 0.717) is 18.8 Å². The zero-order valence-corrected chi connectivity index (χ0v) is 13.9. The molecule has 0 atom stereocenters. The normalized spacial score (nSPS) is 11.5. The zero-order valence-electron chi connectivity index (χ0n) is 13.1. The van der Waals surface area contributed by atoms with E-state index in [1.54, 1.807) is 11.3 Å². The third-order valence-electron chi connectivity index (χ3n) is 3.14. The summed E-state index contributed by atoms with van der Waals surface area (Å²) in [5.41, 5.74) is 3.27. The highest BCUT2D eigenvalue weighted by Crippen LogP contribution is 2.23. The molecule has 1 aromatic heterocycles. The molecule has 0 fully saturated rings. The number of nitrogens with zero attached hydrogens (tertiary/aromatic N) is 1. The van der Waals surface area contributed by atoms with Crippen LogP contribution in [0.15, 0.2) is 35.9 Å². The summed E-state index contributed by atoms with van der Waals surface area (Å²) in [4.78, 5) is 15.4. The number of benzene rings is 1. The second-order valence-corrected chi connectivity index (χ2v) is 6.02. The predicted octanol–water partition coefficient (Wildman–Crippen LogP) is 3.63. The van der Waals surface area contributed by atoms with Gasteiger partial charge in [-0.3, -0.25) is 4.79 Å². The van der Waals surface area contributed by atoms with Crippen LogP contribution in [0.2, 0.25) is 0 Å². The van der Waals surface area contributed by atoms with Crippen LogP contribution in [0.25, 0.3) is 5.57 Å². The number of hydrogen-bond donors (Lipinski definition) is 1. The molecule has 0 saturated carbocycles. The summed E-state index contributed by atoms with van der Waals surface area (Å²) in [7, 11) is 1.51. The molecule has 2 rings (SSSR count). The summed E-state index contributed by atoms with van der Waals surface area (Å²) in [6.45, 7) is 2.77. The molecule has 1 N–H and O–H groups in total. The highest BCUT2D eigenvalue weighted by Gasteiger charge is 2.12. The summed E-state index contributed by atoms with van der Waals surface area (Å²) >= 11 is 1.59. The Hall–Kier alpha value is -2.18. The molecule has 1 heterocycles. The minimum absolute atomic E-state index is 0.101. The van der Waals surface area contributed by atoms with E-state index in [-0.39, 0.29) is 6.42 Å². The maximum absolute atomic E-state index is 11.0. The van der Waals surface area contributed by atoms with Crippen LogP contribution in [-0.2, 0) is 27.5 Å². The monoisotopic (exact) mass is 333 g/mol. The fourth-order valence-electron chi connectivity index (χ4n) is 2.21. The van der Waals surface area contributed by atoms with Gasteiger partial charge in [0.05, 0.1) is 43.7 Å². The van der Waals surface area contributed by atoms with Crippen molar-refractivity contribution in [2.24, 2.45) is 0 Å². The number of hydrogen-bond acceptors (Lipinski definition) is 5. The van der Waals surface area contributed by atoms with E-state index < -0.39 is 5.97 Å². The van der Waals surface area contributed by atoms with E-state index in [9.17, 15) is 4.79 Å². The number of carbonyl (C=O) groups is 1. The number of rotatable bonds is 8. The minimum Gasteiger partial charge on any atom is -0.504 e. The number of methoxy groups -OCH3 is 1. The molecule has 0 amide bonds. The number of aromatic nitrogens is 1. The predicted molar refractivity (Wildman–Crippen MR) is 89.0 cm³/mol. The molecule has 0 aliphatic heterocycles. The van der Waals surface area contributed by atoms with Crippen LogP contribution in [0, 0.1) is 6.92 Å². The molecule has 0 saturated heterocycles. The van der Waals surface area contributed by atoms with Gasteiger partial charge in [-0.15, -0.1) is 11.3 Å². The van der Waals surface area contributed by atoms with Crippen LogP contribution >= 0.6 is 11.3 Å². The van der Waals surface area contributed by atoms with Gasteiger partial charge in [-0.2, -0.15) is 0 Å².